The Kier molecular flexibility index (Phi) is 61.4. The van der Waals surface area contributed by atoms with Crippen LogP contribution in [0.1, 0.15) is 174 Å². The van der Waals surface area contributed by atoms with Gasteiger partial charge in [0, 0.05) is 38.0 Å². The maximum absolute atomic E-state index is 11.1. The van der Waals surface area contributed by atoms with Crippen LogP contribution in [-0.4, -0.2) is 59.3 Å². The summed E-state index contributed by atoms with van der Waals surface area (Å²) in [7, 11) is -10.5. The normalized spacial score (nSPS) is 30.3. The molecule has 280 valence electrons. The van der Waals surface area contributed by atoms with Gasteiger partial charge in [-0.15, -0.1) is 0 Å². The SMILES string of the molecule is C.C.C.C.C.C.C.C.C.C.C.C.CCCCC1CCCCC2CCCCC(C)O[Si](C)(O)O[Si](C)(O2)O[Si](C)(O[SiH2]C)O1. The Hall–Kier alpha value is 0.588. The molecule has 6 atom stereocenters. The van der Waals surface area contributed by atoms with Crippen LogP contribution in [0.25, 0.3) is 0 Å². The molecule has 2 aliphatic heterocycles. The lowest BCUT2D eigenvalue weighted by molar-refractivity contribution is 0.0287. The molecule has 0 aromatic carbocycles. The van der Waals surface area contributed by atoms with Crippen molar-refractivity contribution in [3.63, 3.8) is 0 Å². The molecule has 7 nitrogen and oxygen atoms in total. The van der Waals surface area contributed by atoms with Crippen LogP contribution < -0.4 is 0 Å². The third-order valence-electron chi connectivity index (χ3n) is 5.90. The molecule has 2 saturated heterocycles. The summed E-state index contributed by atoms with van der Waals surface area (Å²) in [6.45, 7) is 11.9. The molecule has 0 aromatic rings. The van der Waals surface area contributed by atoms with E-state index in [0.29, 0.717) is 0 Å². The van der Waals surface area contributed by atoms with Crippen LogP contribution in [0, 0.1) is 0 Å². The zero-order chi connectivity index (χ0) is 23.0. The number of unbranched alkanes of at least 4 members (excludes halogenated alkanes) is 1. The molecule has 0 spiro atoms. The highest BCUT2D eigenvalue weighted by molar-refractivity contribution is 6.80. The number of fused-ring (bicyclic) bond motifs is 2. The van der Waals surface area contributed by atoms with Gasteiger partial charge in [0.25, 0.3) is 0 Å². The quantitative estimate of drug-likeness (QED) is 0.286. The van der Waals surface area contributed by atoms with Crippen molar-refractivity contribution < 1.29 is 30.4 Å². The maximum Gasteiger partial charge on any atom is 0.487 e. The van der Waals surface area contributed by atoms with E-state index >= 15 is 0 Å². The zero-order valence-corrected chi connectivity index (χ0v) is 25.0. The Morgan fingerprint density at radius 1 is 0.698 bits per heavy atom. The third kappa shape index (κ3) is 28.5. The van der Waals surface area contributed by atoms with E-state index in [1.54, 1.807) is 6.55 Å². The van der Waals surface area contributed by atoms with Gasteiger partial charge >= 0.3 is 26.4 Å². The van der Waals surface area contributed by atoms with Crippen molar-refractivity contribution >= 4 is 36.2 Å². The molecule has 0 radical (unpaired) electrons. The Morgan fingerprint density at radius 3 is 1.63 bits per heavy atom. The highest BCUT2D eigenvalue weighted by Crippen LogP contribution is 2.31. The van der Waals surface area contributed by atoms with Crippen molar-refractivity contribution in [1.29, 1.82) is 0 Å². The molecule has 2 heterocycles. The van der Waals surface area contributed by atoms with Crippen LogP contribution in [0.5, 0.6) is 0 Å². The minimum absolute atomic E-state index is 0. The largest absolute Gasteiger partial charge is 0.487 e. The molecular weight excluding hydrogens is 609 g/mol. The van der Waals surface area contributed by atoms with E-state index in [2.05, 4.69) is 13.5 Å². The lowest BCUT2D eigenvalue weighted by Crippen LogP contribution is -2.62. The molecule has 2 aliphatic rings. The van der Waals surface area contributed by atoms with E-state index in [1.165, 1.54) is 0 Å². The monoisotopic (exact) mass is 703 g/mol. The fraction of sp³-hybridized carbons (Fsp3) is 1.00. The van der Waals surface area contributed by atoms with Crippen LogP contribution in [0.4, 0.5) is 0 Å². The number of rotatable bonds is 5. The first-order valence-corrected chi connectivity index (χ1v) is 21.1. The fourth-order valence-corrected chi connectivity index (χ4v) is 17.1. The summed E-state index contributed by atoms with van der Waals surface area (Å²) >= 11 is 0. The van der Waals surface area contributed by atoms with Crippen molar-refractivity contribution in [2.24, 2.45) is 0 Å². The van der Waals surface area contributed by atoms with Gasteiger partial charge in [-0.2, -0.15) is 0 Å². The number of hydrogen-bond donors (Lipinski definition) is 1. The predicted molar refractivity (Wildman–Crippen MR) is 212 cm³/mol. The van der Waals surface area contributed by atoms with Crippen molar-refractivity contribution in [2.75, 3.05) is 0 Å². The van der Waals surface area contributed by atoms with E-state index in [-0.39, 0.29) is 107 Å². The van der Waals surface area contributed by atoms with Crippen LogP contribution in [0.3, 0.4) is 0 Å². The summed E-state index contributed by atoms with van der Waals surface area (Å²) < 4.78 is 38.4. The average Bonchev–Trinajstić information content (AvgIpc) is 2.66. The Balaban J connectivity index is -0.0000000948. The molecule has 11 heteroatoms. The van der Waals surface area contributed by atoms with Gasteiger partial charge in [-0.3, -0.25) is 0 Å². The first-order valence-electron chi connectivity index (χ1n) is 12.4. The van der Waals surface area contributed by atoms with E-state index in [9.17, 15) is 4.80 Å². The first kappa shape index (κ1) is 74.4. The van der Waals surface area contributed by atoms with Crippen LogP contribution >= 0.6 is 0 Å². The molecular formula is C32H94O7Si4. The van der Waals surface area contributed by atoms with Gasteiger partial charge in [-0.1, -0.05) is 141 Å². The van der Waals surface area contributed by atoms with Gasteiger partial charge < -0.3 is 30.4 Å². The summed E-state index contributed by atoms with van der Waals surface area (Å²) in [5.74, 6) is 0. The molecule has 0 aliphatic carbocycles. The summed E-state index contributed by atoms with van der Waals surface area (Å²) in [6, 6.07) is 0. The van der Waals surface area contributed by atoms with Crippen LogP contribution in [-0.2, 0) is 25.6 Å². The standard InChI is InChI=1S/C20H46O7Si4.12CH4/c1-7-8-14-19-16-11-12-17-20-15-10-9-13-18(2)22-29(4,21)26-31(6,24-20)27-30(5,23-19)25-28-3;;;;;;;;;;;;/h18-21H,7-17,28H2,1-6H3;12*1H4. The second kappa shape index (κ2) is 35.4. The number of hydrogen-bond acceptors (Lipinski definition) is 7. The lowest BCUT2D eigenvalue weighted by Gasteiger charge is -2.40. The summed E-state index contributed by atoms with van der Waals surface area (Å²) in [4.78, 5) is 11.1. The first-order chi connectivity index (χ1) is 14.6. The molecule has 6 unspecified atom stereocenters. The molecule has 0 saturated carbocycles. The second-order valence-corrected chi connectivity index (χ2v) is 18.7. The summed E-state index contributed by atoms with van der Waals surface area (Å²) in [6.07, 6.45) is 11.7. The van der Waals surface area contributed by atoms with Crippen molar-refractivity contribution in [1.82, 2.24) is 0 Å². The molecule has 2 rings (SSSR count). The highest BCUT2D eigenvalue weighted by atomic mass is 28.5. The van der Waals surface area contributed by atoms with Crippen LogP contribution in [0.2, 0.25) is 26.2 Å². The van der Waals surface area contributed by atoms with Gasteiger partial charge in [0.15, 0.2) is 0 Å². The molecule has 0 amide bonds. The third-order valence-corrected chi connectivity index (χ3v) is 17.5. The van der Waals surface area contributed by atoms with Gasteiger partial charge in [0.2, 0.25) is 0 Å². The Bertz CT molecular complexity index is 536. The van der Waals surface area contributed by atoms with Crippen LogP contribution in [0.15, 0.2) is 0 Å². The van der Waals surface area contributed by atoms with E-state index in [1.807, 2.05) is 20.0 Å². The van der Waals surface area contributed by atoms with Crippen molar-refractivity contribution in [3.8, 4) is 0 Å². The van der Waals surface area contributed by atoms with E-state index in [4.69, 9.17) is 25.6 Å². The van der Waals surface area contributed by atoms with E-state index in [0.717, 1.165) is 70.6 Å². The fourth-order valence-electron chi connectivity index (χ4n) is 4.67. The minimum atomic E-state index is -3.43. The molecule has 2 fully saturated rings. The minimum Gasteiger partial charge on any atom is -0.422 e. The summed E-state index contributed by atoms with van der Waals surface area (Å²) in [5, 5.41) is 0. The Labute approximate surface area is 284 Å². The smallest absolute Gasteiger partial charge is 0.422 e. The van der Waals surface area contributed by atoms with E-state index < -0.39 is 36.2 Å². The molecule has 2 bridgehead atoms. The Morgan fingerprint density at radius 2 is 1.16 bits per heavy atom. The van der Waals surface area contributed by atoms with Crippen molar-refractivity contribution in [3.05, 3.63) is 0 Å². The predicted octanol–water partition coefficient (Wildman–Crippen LogP) is 12.0. The lowest BCUT2D eigenvalue weighted by atomic mass is 10.0. The van der Waals surface area contributed by atoms with Crippen molar-refractivity contribution in [2.45, 2.75) is 218 Å². The average molecular weight is 703 g/mol. The van der Waals surface area contributed by atoms with Gasteiger partial charge in [0.1, 0.15) is 9.76 Å². The maximum atomic E-state index is 11.1. The van der Waals surface area contributed by atoms with Gasteiger partial charge in [-0.25, -0.2) is 0 Å². The van der Waals surface area contributed by atoms with Gasteiger partial charge in [-0.05, 0) is 39.0 Å². The molecule has 0 aromatic heterocycles. The zero-order valence-electron chi connectivity index (χ0n) is 20.6. The van der Waals surface area contributed by atoms with Gasteiger partial charge in [0.05, 0.1) is 0 Å². The molecule has 1 N–H and O–H groups in total. The highest BCUT2D eigenvalue weighted by Gasteiger charge is 2.54. The summed E-state index contributed by atoms with van der Waals surface area (Å²) in [5.41, 5.74) is 0. The molecule has 43 heavy (non-hydrogen) atoms. The topological polar surface area (TPSA) is 75.6 Å². The second-order valence-electron chi connectivity index (χ2n) is 9.38.